The lowest BCUT2D eigenvalue weighted by molar-refractivity contribution is 0.0842. The van der Waals surface area contributed by atoms with Crippen LogP contribution in [-0.4, -0.2) is 23.5 Å². The molecule has 2 nitrogen and oxygen atoms in total. The highest BCUT2D eigenvalue weighted by Gasteiger charge is 2.36. The van der Waals surface area contributed by atoms with E-state index in [1.807, 2.05) is 13.0 Å². The van der Waals surface area contributed by atoms with Gasteiger partial charge in [0.2, 0.25) is 0 Å². The quantitative estimate of drug-likeness (QED) is 0.851. The predicted octanol–water partition coefficient (Wildman–Crippen LogP) is 3.64. The molecule has 0 saturated heterocycles. The van der Waals surface area contributed by atoms with E-state index in [-0.39, 0.29) is 17.4 Å². The minimum atomic E-state index is -0.200. The maximum absolute atomic E-state index is 13.2. The summed E-state index contributed by atoms with van der Waals surface area (Å²) in [6, 6.07) is 4.78. The van der Waals surface area contributed by atoms with Crippen LogP contribution in [-0.2, 0) is 0 Å². The van der Waals surface area contributed by atoms with Gasteiger partial charge >= 0.3 is 0 Å². The third kappa shape index (κ3) is 3.15. The molecule has 0 aliphatic carbocycles. The van der Waals surface area contributed by atoms with E-state index in [0.717, 1.165) is 30.6 Å². The summed E-state index contributed by atoms with van der Waals surface area (Å²) in [6.45, 7) is 12.5. The van der Waals surface area contributed by atoms with Gasteiger partial charge in [-0.1, -0.05) is 26.8 Å². The molecule has 0 fully saturated rings. The van der Waals surface area contributed by atoms with E-state index < -0.39 is 0 Å². The van der Waals surface area contributed by atoms with E-state index in [1.165, 1.54) is 6.07 Å². The summed E-state index contributed by atoms with van der Waals surface area (Å²) in [6.07, 6.45) is 0.965. The minimum Gasteiger partial charge on any atom is -0.322 e. The molecular formula is C16H27FN2. The molecule has 2 N–H and O–H groups in total. The fraction of sp³-hybridized carbons (Fsp3) is 0.625. The zero-order valence-electron chi connectivity index (χ0n) is 12.8. The molecule has 1 aromatic rings. The molecule has 2 atom stereocenters. The van der Waals surface area contributed by atoms with Crippen LogP contribution >= 0.6 is 0 Å². The van der Waals surface area contributed by atoms with Crippen molar-refractivity contribution in [1.82, 2.24) is 4.90 Å². The Kier molecular flexibility index (Phi) is 5.50. The molecule has 0 radical (unpaired) electrons. The number of nitrogens with zero attached hydrogens (tertiary/aromatic N) is 1. The Morgan fingerprint density at radius 1 is 1.26 bits per heavy atom. The van der Waals surface area contributed by atoms with E-state index in [2.05, 4.69) is 32.6 Å². The van der Waals surface area contributed by atoms with Gasteiger partial charge in [0.05, 0.1) is 0 Å². The smallest absolute Gasteiger partial charge is 0.123 e. The van der Waals surface area contributed by atoms with Crippen LogP contribution in [0.2, 0.25) is 0 Å². The zero-order chi connectivity index (χ0) is 14.6. The lowest BCUT2D eigenvalue weighted by Gasteiger charge is -2.44. The summed E-state index contributed by atoms with van der Waals surface area (Å²) >= 11 is 0. The number of benzene rings is 1. The Balaban J connectivity index is 3.17. The Morgan fingerprint density at radius 2 is 1.84 bits per heavy atom. The molecule has 3 heteroatoms. The number of hydrogen-bond acceptors (Lipinski definition) is 2. The van der Waals surface area contributed by atoms with Crippen molar-refractivity contribution in [3.05, 3.63) is 35.1 Å². The first-order valence-electron chi connectivity index (χ1n) is 7.17. The first kappa shape index (κ1) is 16.1. The highest BCUT2D eigenvalue weighted by molar-refractivity contribution is 5.31. The summed E-state index contributed by atoms with van der Waals surface area (Å²) in [5.74, 6) is -0.200. The van der Waals surface area contributed by atoms with Crippen molar-refractivity contribution in [2.24, 2.45) is 5.73 Å². The molecular weight excluding hydrogens is 239 g/mol. The second kappa shape index (κ2) is 6.49. The standard InChI is InChI=1S/C16H27FN2/c1-6-16(5,19(7-2)8-3)15(18)14-10-9-13(17)11-12(14)4/h9-11,15H,6-8,18H2,1-5H3. The largest absolute Gasteiger partial charge is 0.322 e. The van der Waals surface area contributed by atoms with Crippen molar-refractivity contribution in [3.63, 3.8) is 0 Å². The minimum absolute atomic E-state index is 0.105. The average molecular weight is 266 g/mol. The Labute approximate surface area is 116 Å². The summed E-state index contributed by atoms with van der Waals surface area (Å²) in [4.78, 5) is 2.39. The van der Waals surface area contributed by atoms with Gasteiger partial charge in [-0.15, -0.1) is 0 Å². The van der Waals surface area contributed by atoms with Gasteiger partial charge in [0.25, 0.3) is 0 Å². The maximum atomic E-state index is 13.2. The highest BCUT2D eigenvalue weighted by Crippen LogP contribution is 2.33. The molecule has 0 saturated carbocycles. The Morgan fingerprint density at radius 3 is 2.26 bits per heavy atom. The Hall–Kier alpha value is -0.930. The van der Waals surface area contributed by atoms with E-state index in [9.17, 15) is 4.39 Å². The van der Waals surface area contributed by atoms with Crippen molar-refractivity contribution in [3.8, 4) is 0 Å². The van der Waals surface area contributed by atoms with Gasteiger partial charge in [-0.25, -0.2) is 4.39 Å². The number of aryl methyl sites for hydroxylation is 1. The number of nitrogens with two attached hydrogens (primary N) is 1. The van der Waals surface area contributed by atoms with Crippen molar-refractivity contribution in [2.75, 3.05) is 13.1 Å². The lowest BCUT2D eigenvalue weighted by Crippen LogP contribution is -2.53. The monoisotopic (exact) mass is 266 g/mol. The molecule has 0 aliphatic rings. The van der Waals surface area contributed by atoms with Crippen molar-refractivity contribution in [1.29, 1.82) is 0 Å². The van der Waals surface area contributed by atoms with Crippen molar-refractivity contribution in [2.45, 2.75) is 52.6 Å². The molecule has 0 amide bonds. The summed E-state index contributed by atoms with van der Waals surface area (Å²) in [5.41, 5.74) is 8.39. The molecule has 0 heterocycles. The van der Waals surface area contributed by atoms with E-state index in [1.54, 1.807) is 6.07 Å². The maximum Gasteiger partial charge on any atom is 0.123 e. The lowest BCUT2D eigenvalue weighted by atomic mass is 9.82. The predicted molar refractivity (Wildman–Crippen MR) is 79.7 cm³/mol. The second-order valence-corrected chi connectivity index (χ2v) is 5.36. The van der Waals surface area contributed by atoms with Gasteiger partial charge < -0.3 is 5.73 Å². The van der Waals surface area contributed by atoms with Crippen LogP contribution in [0.1, 0.15) is 51.3 Å². The Bertz CT molecular complexity index is 415. The van der Waals surface area contributed by atoms with Gasteiger partial charge in [0.1, 0.15) is 5.82 Å². The summed E-state index contributed by atoms with van der Waals surface area (Å²) < 4.78 is 13.2. The summed E-state index contributed by atoms with van der Waals surface area (Å²) in [5, 5.41) is 0. The van der Waals surface area contributed by atoms with E-state index >= 15 is 0 Å². The number of likely N-dealkylation sites (N-methyl/N-ethyl adjacent to an activating group) is 1. The van der Waals surface area contributed by atoms with Crippen LogP contribution in [0.3, 0.4) is 0 Å². The first-order chi connectivity index (χ1) is 8.90. The fourth-order valence-corrected chi connectivity index (χ4v) is 2.91. The van der Waals surface area contributed by atoms with Crippen LogP contribution in [0, 0.1) is 12.7 Å². The average Bonchev–Trinajstić information content (AvgIpc) is 2.39. The van der Waals surface area contributed by atoms with Crippen LogP contribution in [0.15, 0.2) is 18.2 Å². The van der Waals surface area contributed by atoms with Crippen LogP contribution in [0.25, 0.3) is 0 Å². The van der Waals surface area contributed by atoms with E-state index in [0.29, 0.717) is 0 Å². The molecule has 2 unspecified atom stereocenters. The van der Waals surface area contributed by atoms with Crippen LogP contribution in [0.4, 0.5) is 4.39 Å². The van der Waals surface area contributed by atoms with Gasteiger partial charge in [0, 0.05) is 11.6 Å². The van der Waals surface area contributed by atoms with Crippen LogP contribution < -0.4 is 5.73 Å². The second-order valence-electron chi connectivity index (χ2n) is 5.36. The third-order valence-electron chi connectivity index (χ3n) is 4.44. The SMILES string of the molecule is CCN(CC)C(C)(CC)C(N)c1ccc(F)cc1C. The number of hydrogen-bond donors (Lipinski definition) is 1. The molecule has 0 spiro atoms. The van der Waals surface area contributed by atoms with Gasteiger partial charge in [-0.05, 0) is 56.6 Å². The molecule has 19 heavy (non-hydrogen) atoms. The van der Waals surface area contributed by atoms with Gasteiger partial charge in [0.15, 0.2) is 0 Å². The van der Waals surface area contributed by atoms with Crippen LogP contribution in [0.5, 0.6) is 0 Å². The molecule has 0 aliphatic heterocycles. The topological polar surface area (TPSA) is 29.3 Å². The zero-order valence-corrected chi connectivity index (χ0v) is 12.8. The highest BCUT2D eigenvalue weighted by atomic mass is 19.1. The fourth-order valence-electron chi connectivity index (χ4n) is 2.91. The third-order valence-corrected chi connectivity index (χ3v) is 4.44. The number of rotatable bonds is 6. The van der Waals surface area contributed by atoms with Gasteiger partial charge in [-0.2, -0.15) is 0 Å². The molecule has 1 rings (SSSR count). The number of halogens is 1. The molecule has 0 aromatic heterocycles. The first-order valence-corrected chi connectivity index (χ1v) is 7.17. The van der Waals surface area contributed by atoms with E-state index in [4.69, 9.17) is 5.73 Å². The normalized spacial score (nSPS) is 16.4. The van der Waals surface area contributed by atoms with Gasteiger partial charge in [-0.3, -0.25) is 4.90 Å². The summed E-state index contributed by atoms with van der Waals surface area (Å²) in [7, 11) is 0. The van der Waals surface area contributed by atoms with Crippen molar-refractivity contribution >= 4 is 0 Å². The molecule has 1 aromatic carbocycles. The molecule has 0 bridgehead atoms. The van der Waals surface area contributed by atoms with Crippen molar-refractivity contribution < 1.29 is 4.39 Å². The molecule has 108 valence electrons.